The number of rotatable bonds is 10. The highest BCUT2D eigenvalue weighted by molar-refractivity contribution is 5.92. The van der Waals surface area contributed by atoms with Crippen LogP contribution in [0.2, 0.25) is 0 Å². The molecule has 0 atom stereocenters. The molecule has 0 bridgehead atoms. The smallest absolute Gasteiger partial charge is 0.273 e. The molecular weight excluding hydrogens is 278 g/mol. The molecular formula is C17H31N3O2. The maximum atomic E-state index is 12.3. The standard InChI is InChI=1S/C17H31N3O2/c1-6-11-20(10-5)17(8-3,9-4)13-18-16(21)15-12-14(7-2)22-19-15/h12H,6-11,13H2,1-5H3,(H,18,21). The molecule has 1 aromatic heterocycles. The summed E-state index contributed by atoms with van der Waals surface area (Å²) in [6.07, 6.45) is 3.88. The lowest BCUT2D eigenvalue weighted by Crippen LogP contribution is -2.55. The summed E-state index contributed by atoms with van der Waals surface area (Å²) in [5, 5.41) is 6.89. The number of carbonyl (C=O) groups excluding carboxylic acids is 1. The van der Waals surface area contributed by atoms with Crippen molar-refractivity contribution < 1.29 is 9.32 Å². The van der Waals surface area contributed by atoms with Crippen LogP contribution in [0.3, 0.4) is 0 Å². The molecule has 0 saturated heterocycles. The van der Waals surface area contributed by atoms with Crippen molar-refractivity contribution in [1.29, 1.82) is 0 Å². The van der Waals surface area contributed by atoms with Gasteiger partial charge in [0.15, 0.2) is 5.69 Å². The van der Waals surface area contributed by atoms with Crippen LogP contribution in [0.1, 0.15) is 70.1 Å². The van der Waals surface area contributed by atoms with Crippen LogP contribution in [0, 0.1) is 0 Å². The Labute approximate surface area is 134 Å². The second kappa shape index (κ2) is 8.93. The number of aryl methyl sites for hydroxylation is 1. The highest BCUT2D eigenvalue weighted by atomic mass is 16.5. The van der Waals surface area contributed by atoms with Crippen LogP contribution in [0.4, 0.5) is 0 Å². The van der Waals surface area contributed by atoms with E-state index in [1.807, 2.05) is 6.92 Å². The minimum Gasteiger partial charge on any atom is -0.361 e. The number of aromatic nitrogens is 1. The predicted octanol–water partition coefficient (Wildman–Crippen LogP) is 3.26. The van der Waals surface area contributed by atoms with Gasteiger partial charge in [-0.05, 0) is 32.4 Å². The van der Waals surface area contributed by atoms with Crippen LogP contribution in [0.25, 0.3) is 0 Å². The van der Waals surface area contributed by atoms with E-state index >= 15 is 0 Å². The van der Waals surface area contributed by atoms with Crippen molar-refractivity contribution in [3.05, 3.63) is 17.5 Å². The zero-order valence-corrected chi connectivity index (χ0v) is 14.7. The van der Waals surface area contributed by atoms with Crippen LogP contribution in [-0.2, 0) is 6.42 Å². The van der Waals surface area contributed by atoms with Gasteiger partial charge < -0.3 is 9.84 Å². The van der Waals surface area contributed by atoms with E-state index in [1.165, 1.54) is 0 Å². The molecule has 0 unspecified atom stereocenters. The maximum absolute atomic E-state index is 12.3. The van der Waals surface area contributed by atoms with E-state index < -0.39 is 0 Å². The van der Waals surface area contributed by atoms with E-state index in [-0.39, 0.29) is 11.4 Å². The fraction of sp³-hybridized carbons (Fsp3) is 0.765. The summed E-state index contributed by atoms with van der Waals surface area (Å²) in [4.78, 5) is 14.7. The molecule has 0 aromatic carbocycles. The zero-order chi connectivity index (χ0) is 16.6. The van der Waals surface area contributed by atoms with E-state index in [9.17, 15) is 4.79 Å². The molecule has 5 nitrogen and oxygen atoms in total. The Balaban J connectivity index is 2.76. The molecule has 22 heavy (non-hydrogen) atoms. The fourth-order valence-electron chi connectivity index (χ4n) is 2.98. The van der Waals surface area contributed by atoms with Gasteiger partial charge in [0.25, 0.3) is 5.91 Å². The van der Waals surface area contributed by atoms with Gasteiger partial charge >= 0.3 is 0 Å². The molecule has 1 amide bonds. The number of hydrogen-bond donors (Lipinski definition) is 1. The van der Waals surface area contributed by atoms with Crippen molar-refractivity contribution in [1.82, 2.24) is 15.4 Å². The second-order valence-corrected chi connectivity index (χ2v) is 5.73. The molecule has 0 radical (unpaired) electrons. The monoisotopic (exact) mass is 309 g/mol. The molecule has 0 saturated carbocycles. The SMILES string of the molecule is CCCN(CC)C(CC)(CC)CNC(=O)c1cc(CC)on1. The Morgan fingerprint density at radius 2 is 1.95 bits per heavy atom. The third-order valence-corrected chi connectivity index (χ3v) is 4.58. The lowest BCUT2D eigenvalue weighted by Gasteiger charge is -2.43. The van der Waals surface area contributed by atoms with Gasteiger partial charge in [-0.2, -0.15) is 0 Å². The molecule has 0 spiro atoms. The van der Waals surface area contributed by atoms with Gasteiger partial charge in [0.1, 0.15) is 5.76 Å². The summed E-state index contributed by atoms with van der Waals surface area (Å²) in [7, 11) is 0. The first kappa shape index (κ1) is 18.7. The van der Waals surface area contributed by atoms with E-state index in [0.29, 0.717) is 12.2 Å². The molecule has 126 valence electrons. The largest absolute Gasteiger partial charge is 0.361 e. The van der Waals surface area contributed by atoms with Gasteiger partial charge in [0, 0.05) is 24.6 Å². The normalized spacial score (nSPS) is 11.9. The number of nitrogens with zero attached hydrogens (tertiary/aromatic N) is 2. The van der Waals surface area contributed by atoms with Crippen molar-refractivity contribution in [3.63, 3.8) is 0 Å². The minimum absolute atomic E-state index is 0.0116. The number of hydrogen-bond acceptors (Lipinski definition) is 4. The Kier molecular flexibility index (Phi) is 7.59. The number of nitrogens with one attached hydrogen (secondary N) is 1. The van der Waals surface area contributed by atoms with E-state index in [2.05, 4.69) is 43.1 Å². The summed E-state index contributed by atoms with van der Waals surface area (Å²) < 4.78 is 5.11. The average Bonchev–Trinajstić information content (AvgIpc) is 3.03. The van der Waals surface area contributed by atoms with Gasteiger partial charge in [-0.3, -0.25) is 9.69 Å². The van der Waals surface area contributed by atoms with Gasteiger partial charge in [0.2, 0.25) is 0 Å². The van der Waals surface area contributed by atoms with Crippen LogP contribution >= 0.6 is 0 Å². The Morgan fingerprint density at radius 3 is 2.41 bits per heavy atom. The number of carbonyl (C=O) groups is 1. The van der Waals surface area contributed by atoms with Crippen molar-refractivity contribution >= 4 is 5.91 Å². The third-order valence-electron chi connectivity index (χ3n) is 4.58. The molecule has 1 aromatic rings. The van der Waals surface area contributed by atoms with Crippen LogP contribution in [-0.4, -0.2) is 41.1 Å². The van der Waals surface area contributed by atoms with Crippen LogP contribution in [0.15, 0.2) is 10.6 Å². The topological polar surface area (TPSA) is 58.4 Å². The average molecular weight is 309 g/mol. The molecule has 5 heteroatoms. The minimum atomic E-state index is -0.151. The maximum Gasteiger partial charge on any atom is 0.273 e. The fourth-order valence-corrected chi connectivity index (χ4v) is 2.98. The first-order valence-corrected chi connectivity index (χ1v) is 8.55. The van der Waals surface area contributed by atoms with Crippen molar-refractivity contribution in [2.75, 3.05) is 19.6 Å². The Bertz CT molecular complexity index is 453. The van der Waals surface area contributed by atoms with E-state index in [4.69, 9.17) is 4.52 Å². The molecule has 1 rings (SSSR count). The predicted molar refractivity (Wildman–Crippen MR) is 89.1 cm³/mol. The van der Waals surface area contributed by atoms with Gasteiger partial charge in [-0.1, -0.05) is 39.8 Å². The van der Waals surface area contributed by atoms with Crippen molar-refractivity contribution in [2.45, 2.75) is 65.8 Å². The van der Waals surface area contributed by atoms with E-state index in [0.717, 1.165) is 44.5 Å². The van der Waals surface area contributed by atoms with Crippen molar-refractivity contribution in [2.24, 2.45) is 0 Å². The molecule has 0 fully saturated rings. The van der Waals surface area contributed by atoms with Crippen molar-refractivity contribution in [3.8, 4) is 0 Å². The first-order valence-electron chi connectivity index (χ1n) is 8.55. The third kappa shape index (κ3) is 4.32. The highest BCUT2D eigenvalue weighted by Gasteiger charge is 2.32. The molecule has 0 aliphatic rings. The number of amides is 1. The highest BCUT2D eigenvalue weighted by Crippen LogP contribution is 2.23. The van der Waals surface area contributed by atoms with E-state index in [1.54, 1.807) is 6.07 Å². The lowest BCUT2D eigenvalue weighted by atomic mass is 9.90. The summed E-state index contributed by atoms with van der Waals surface area (Å²) in [5.41, 5.74) is 0.383. The summed E-state index contributed by atoms with van der Waals surface area (Å²) in [5.74, 6) is 0.589. The quantitative estimate of drug-likeness (QED) is 0.721. The van der Waals surface area contributed by atoms with Crippen LogP contribution in [0.5, 0.6) is 0 Å². The Hall–Kier alpha value is -1.36. The number of likely N-dealkylation sites (N-methyl/N-ethyl adjacent to an activating group) is 1. The second-order valence-electron chi connectivity index (χ2n) is 5.73. The first-order chi connectivity index (χ1) is 10.6. The molecule has 0 aliphatic carbocycles. The molecule has 0 aliphatic heterocycles. The summed E-state index contributed by atoms with van der Waals surface area (Å²) >= 11 is 0. The van der Waals surface area contributed by atoms with Gasteiger partial charge in [-0.15, -0.1) is 0 Å². The lowest BCUT2D eigenvalue weighted by molar-refractivity contribution is 0.0717. The zero-order valence-electron chi connectivity index (χ0n) is 14.7. The van der Waals surface area contributed by atoms with Gasteiger partial charge in [-0.25, -0.2) is 0 Å². The van der Waals surface area contributed by atoms with Crippen LogP contribution < -0.4 is 5.32 Å². The summed E-state index contributed by atoms with van der Waals surface area (Å²) in [6, 6.07) is 1.72. The van der Waals surface area contributed by atoms with Gasteiger partial charge in [0.05, 0.1) is 0 Å². The Morgan fingerprint density at radius 1 is 1.27 bits per heavy atom. The molecule has 1 heterocycles. The molecule has 1 N–H and O–H groups in total. The summed E-state index contributed by atoms with van der Waals surface area (Å²) in [6.45, 7) is 13.4.